The van der Waals surface area contributed by atoms with Gasteiger partial charge in [-0.3, -0.25) is 0 Å². The Hall–Kier alpha value is -3.88. The zero-order chi connectivity index (χ0) is 21.6. The molecule has 0 radical (unpaired) electrons. The minimum absolute atomic E-state index is 0.169. The lowest BCUT2D eigenvalue weighted by molar-refractivity contribution is 0.250. The van der Waals surface area contributed by atoms with Crippen LogP contribution in [0.4, 0.5) is 34.0 Å². The molecule has 0 saturated carbocycles. The van der Waals surface area contributed by atoms with Crippen molar-refractivity contribution in [3.63, 3.8) is 0 Å². The zero-order valence-corrected chi connectivity index (χ0v) is 17.4. The van der Waals surface area contributed by atoms with Crippen LogP contribution in [0.15, 0.2) is 54.6 Å². The summed E-state index contributed by atoms with van der Waals surface area (Å²) in [7, 11) is 0. The van der Waals surface area contributed by atoms with Gasteiger partial charge >= 0.3 is 6.03 Å². The van der Waals surface area contributed by atoms with E-state index in [-0.39, 0.29) is 12.0 Å². The normalized spacial score (nSPS) is 15.5. The van der Waals surface area contributed by atoms with Gasteiger partial charge in [0.15, 0.2) is 0 Å². The predicted molar refractivity (Wildman–Crippen MR) is 122 cm³/mol. The molecule has 2 heterocycles. The predicted octanol–water partition coefficient (Wildman–Crippen LogP) is 3.15. The number of para-hydroxylation sites is 1. The van der Waals surface area contributed by atoms with Crippen molar-refractivity contribution in [2.75, 3.05) is 40.9 Å². The second kappa shape index (κ2) is 9.29. The Balaban J connectivity index is 1.31. The fourth-order valence-electron chi connectivity index (χ4n) is 3.54. The summed E-state index contributed by atoms with van der Waals surface area (Å²) in [5, 5.41) is 8.97. The molecule has 1 fully saturated rings. The molecule has 9 heteroatoms. The van der Waals surface area contributed by atoms with Crippen molar-refractivity contribution in [2.45, 2.75) is 13.3 Å². The lowest BCUT2D eigenvalue weighted by Gasteiger charge is -2.18. The number of nitrogen functional groups attached to an aromatic ring is 1. The Kier molecular flexibility index (Phi) is 6.11. The number of rotatable bonds is 6. The standard InChI is InChI=1S/C22H26N8O/c1-15-6-5-9-18(12-15)26-22(31)24-13-16-10-11-30(14-16)21-28-19(23)27-20(29-21)25-17-7-3-2-4-8-17/h2-9,12,16H,10-11,13-14H2,1H3,(H2,24,26,31)(H3,23,25,27,28,29). The molecule has 0 bridgehead atoms. The van der Waals surface area contributed by atoms with Crippen molar-refractivity contribution in [3.05, 3.63) is 60.2 Å². The SMILES string of the molecule is Cc1cccc(NC(=O)NCC2CCN(c3nc(N)nc(Nc4ccccc4)n3)C2)c1. The van der Waals surface area contributed by atoms with Gasteiger partial charge in [-0.1, -0.05) is 30.3 Å². The highest BCUT2D eigenvalue weighted by atomic mass is 16.2. The van der Waals surface area contributed by atoms with E-state index in [1.54, 1.807) is 0 Å². The third-order valence-electron chi connectivity index (χ3n) is 5.07. The highest BCUT2D eigenvalue weighted by Crippen LogP contribution is 2.23. The molecule has 31 heavy (non-hydrogen) atoms. The molecule has 9 nitrogen and oxygen atoms in total. The maximum absolute atomic E-state index is 12.2. The van der Waals surface area contributed by atoms with E-state index >= 15 is 0 Å². The molecule has 0 aliphatic carbocycles. The van der Waals surface area contributed by atoms with Gasteiger partial charge in [-0.05, 0) is 49.1 Å². The van der Waals surface area contributed by atoms with Crippen molar-refractivity contribution in [1.82, 2.24) is 20.3 Å². The van der Waals surface area contributed by atoms with Gasteiger partial charge in [-0.2, -0.15) is 15.0 Å². The minimum atomic E-state index is -0.206. The van der Waals surface area contributed by atoms with E-state index in [4.69, 9.17) is 5.73 Å². The topological polar surface area (TPSA) is 121 Å². The zero-order valence-electron chi connectivity index (χ0n) is 17.4. The van der Waals surface area contributed by atoms with Crippen LogP contribution in [0.5, 0.6) is 0 Å². The molecule has 1 aromatic heterocycles. The molecule has 1 atom stereocenters. The quantitative estimate of drug-likeness (QED) is 0.485. The van der Waals surface area contributed by atoms with Gasteiger partial charge in [-0.15, -0.1) is 0 Å². The molecule has 3 aromatic rings. The first kappa shape index (κ1) is 20.4. The number of nitrogens with two attached hydrogens (primary N) is 1. The van der Waals surface area contributed by atoms with Crippen molar-refractivity contribution < 1.29 is 4.79 Å². The number of nitrogens with zero attached hydrogens (tertiary/aromatic N) is 4. The van der Waals surface area contributed by atoms with E-state index in [2.05, 4.69) is 35.8 Å². The number of hydrogen-bond acceptors (Lipinski definition) is 7. The van der Waals surface area contributed by atoms with E-state index in [0.717, 1.165) is 36.4 Å². The molecular weight excluding hydrogens is 392 g/mol. The Labute approximate surface area is 181 Å². The van der Waals surface area contributed by atoms with Gasteiger partial charge in [0, 0.05) is 31.0 Å². The fraction of sp³-hybridized carbons (Fsp3) is 0.273. The summed E-state index contributed by atoms with van der Waals surface area (Å²) in [5.41, 5.74) is 8.66. The van der Waals surface area contributed by atoms with Gasteiger partial charge < -0.3 is 26.6 Å². The number of carbonyl (C=O) groups excluding carboxylic acids is 1. The molecule has 1 unspecified atom stereocenters. The number of aromatic nitrogens is 3. The highest BCUT2D eigenvalue weighted by Gasteiger charge is 2.25. The number of amides is 2. The number of carbonyl (C=O) groups is 1. The summed E-state index contributed by atoms with van der Waals surface area (Å²) in [6.07, 6.45) is 0.928. The number of nitrogens with one attached hydrogen (secondary N) is 3. The summed E-state index contributed by atoms with van der Waals surface area (Å²) in [6.45, 7) is 4.09. The van der Waals surface area contributed by atoms with Gasteiger partial charge in [0.25, 0.3) is 0 Å². The van der Waals surface area contributed by atoms with Crippen LogP contribution in [-0.2, 0) is 0 Å². The number of hydrogen-bond donors (Lipinski definition) is 4. The van der Waals surface area contributed by atoms with Gasteiger partial charge in [0.1, 0.15) is 0 Å². The molecule has 4 rings (SSSR count). The first-order valence-electron chi connectivity index (χ1n) is 10.3. The van der Waals surface area contributed by atoms with Crippen LogP contribution < -0.4 is 26.6 Å². The summed E-state index contributed by atoms with van der Waals surface area (Å²) in [5.74, 6) is 1.42. The summed E-state index contributed by atoms with van der Waals surface area (Å²) in [6, 6.07) is 17.2. The third kappa shape index (κ3) is 5.59. The van der Waals surface area contributed by atoms with Crippen LogP contribution >= 0.6 is 0 Å². The first-order chi connectivity index (χ1) is 15.0. The van der Waals surface area contributed by atoms with Crippen LogP contribution in [0.3, 0.4) is 0 Å². The summed E-state index contributed by atoms with van der Waals surface area (Å²) >= 11 is 0. The van der Waals surface area contributed by atoms with Crippen molar-refractivity contribution in [3.8, 4) is 0 Å². The molecule has 5 N–H and O–H groups in total. The number of aryl methyl sites for hydroxylation is 1. The lowest BCUT2D eigenvalue weighted by atomic mass is 10.1. The van der Waals surface area contributed by atoms with Crippen LogP contribution in [0.25, 0.3) is 0 Å². The molecule has 1 aliphatic heterocycles. The molecule has 160 valence electrons. The monoisotopic (exact) mass is 418 g/mol. The Morgan fingerprint density at radius 1 is 1.10 bits per heavy atom. The molecule has 1 saturated heterocycles. The molecule has 0 spiro atoms. The fourth-order valence-corrected chi connectivity index (χ4v) is 3.54. The van der Waals surface area contributed by atoms with Crippen molar-refractivity contribution in [2.24, 2.45) is 5.92 Å². The van der Waals surface area contributed by atoms with Gasteiger partial charge in [-0.25, -0.2) is 4.79 Å². The maximum atomic E-state index is 12.2. The van der Waals surface area contributed by atoms with E-state index in [1.165, 1.54) is 0 Å². The molecule has 1 aliphatic rings. The lowest BCUT2D eigenvalue weighted by Crippen LogP contribution is -2.34. The van der Waals surface area contributed by atoms with E-state index < -0.39 is 0 Å². The largest absolute Gasteiger partial charge is 0.368 e. The second-order valence-electron chi connectivity index (χ2n) is 7.61. The van der Waals surface area contributed by atoms with Crippen LogP contribution in [0, 0.1) is 12.8 Å². The summed E-state index contributed by atoms with van der Waals surface area (Å²) in [4.78, 5) is 27.3. The average Bonchev–Trinajstić information content (AvgIpc) is 3.22. The number of urea groups is 1. The average molecular weight is 419 g/mol. The van der Waals surface area contributed by atoms with Gasteiger partial charge in [0.05, 0.1) is 0 Å². The highest BCUT2D eigenvalue weighted by molar-refractivity contribution is 5.89. The van der Waals surface area contributed by atoms with Gasteiger partial charge in [0.2, 0.25) is 17.8 Å². The maximum Gasteiger partial charge on any atom is 0.319 e. The van der Waals surface area contributed by atoms with Crippen LogP contribution in [-0.4, -0.2) is 40.6 Å². The molecule has 2 amide bonds. The van der Waals surface area contributed by atoms with Crippen LogP contribution in [0.2, 0.25) is 0 Å². The molecule has 2 aromatic carbocycles. The van der Waals surface area contributed by atoms with E-state index in [0.29, 0.717) is 24.4 Å². The third-order valence-corrected chi connectivity index (χ3v) is 5.07. The minimum Gasteiger partial charge on any atom is -0.368 e. The molecular formula is C22H26N8O. The number of benzene rings is 2. The first-order valence-corrected chi connectivity index (χ1v) is 10.3. The Morgan fingerprint density at radius 2 is 1.90 bits per heavy atom. The smallest absolute Gasteiger partial charge is 0.319 e. The van der Waals surface area contributed by atoms with E-state index in [1.807, 2.05) is 61.5 Å². The summed E-state index contributed by atoms with van der Waals surface area (Å²) < 4.78 is 0. The van der Waals surface area contributed by atoms with Crippen LogP contribution in [0.1, 0.15) is 12.0 Å². The van der Waals surface area contributed by atoms with Crippen molar-refractivity contribution >= 4 is 35.3 Å². The second-order valence-corrected chi connectivity index (χ2v) is 7.61. The Bertz CT molecular complexity index is 1040. The Morgan fingerprint density at radius 3 is 2.71 bits per heavy atom. The van der Waals surface area contributed by atoms with Crippen molar-refractivity contribution in [1.29, 1.82) is 0 Å². The van der Waals surface area contributed by atoms with E-state index in [9.17, 15) is 4.79 Å². The number of anilines is 5.